The van der Waals surface area contributed by atoms with Gasteiger partial charge in [-0.15, -0.1) is 0 Å². The molecule has 2 amide bonds. The summed E-state index contributed by atoms with van der Waals surface area (Å²) in [5, 5.41) is 3.39. The van der Waals surface area contributed by atoms with Crippen molar-refractivity contribution < 1.29 is 23.8 Å². The number of rotatable bonds is 5. The number of nitrogens with zero attached hydrogens (tertiary/aromatic N) is 1. The number of hydrogen-bond donors (Lipinski definition) is 1. The number of ether oxygens (including phenoxy) is 3. The van der Waals surface area contributed by atoms with Crippen molar-refractivity contribution in [3.63, 3.8) is 0 Å². The molecule has 1 saturated heterocycles. The molecular weight excluding hydrogens is 384 g/mol. The van der Waals surface area contributed by atoms with E-state index >= 15 is 0 Å². The van der Waals surface area contributed by atoms with Crippen LogP contribution in [0, 0.1) is 0 Å². The average molecular weight is 403 g/mol. The molecular formula is C20H19ClN2O5. The summed E-state index contributed by atoms with van der Waals surface area (Å²) in [6.07, 6.45) is 0.245. The Morgan fingerprint density at radius 2 is 1.86 bits per heavy atom. The van der Waals surface area contributed by atoms with Crippen molar-refractivity contribution in [3.05, 3.63) is 52.5 Å². The van der Waals surface area contributed by atoms with E-state index in [4.69, 9.17) is 25.8 Å². The van der Waals surface area contributed by atoms with Crippen LogP contribution in [0.4, 0.5) is 10.5 Å². The van der Waals surface area contributed by atoms with Gasteiger partial charge in [-0.1, -0.05) is 11.6 Å². The lowest BCUT2D eigenvalue weighted by Crippen LogP contribution is -2.26. The van der Waals surface area contributed by atoms with E-state index in [-0.39, 0.29) is 12.0 Å². The minimum absolute atomic E-state index is 0.181. The van der Waals surface area contributed by atoms with Gasteiger partial charge >= 0.3 is 6.09 Å². The molecule has 2 aromatic rings. The molecule has 0 aliphatic carbocycles. The van der Waals surface area contributed by atoms with E-state index in [1.807, 2.05) is 12.1 Å². The minimum atomic E-state index is -0.365. The highest BCUT2D eigenvalue weighted by atomic mass is 35.5. The molecule has 2 aliphatic heterocycles. The van der Waals surface area contributed by atoms with Crippen LogP contribution in [0.3, 0.4) is 0 Å². The Morgan fingerprint density at radius 1 is 1.07 bits per heavy atom. The van der Waals surface area contributed by atoms with Gasteiger partial charge in [-0.2, -0.15) is 0 Å². The highest BCUT2D eigenvalue weighted by Crippen LogP contribution is 2.38. The standard InChI is InChI=1S/C20H19ClN2O5/c21-16-11-13(12-17-18(16)27-10-9-26-17)5-6-22-19(24)14-1-3-15(4-2-14)23-7-8-28-20(23)25/h1-4,11-12H,5-10H2,(H,22,24). The largest absolute Gasteiger partial charge is 0.486 e. The second-order valence-corrected chi connectivity index (χ2v) is 6.83. The molecule has 0 unspecified atom stereocenters. The second-order valence-electron chi connectivity index (χ2n) is 6.42. The molecule has 7 nitrogen and oxygen atoms in total. The number of hydrogen-bond acceptors (Lipinski definition) is 5. The van der Waals surface area contributed by atoms with Crippen LogP contribution >= 0.6 is 11.6 Å². The normalized spacial score (nSPS) is 15.3. The fourth-order valence-electron chi connectivity index (χ4n) is 3.15. The molecule has 1 fully saturated rings. The first kappa shape index (κ1) is 18.4. The van der Waals surface area contributed by atoms with Gasteiger partial charge in [-0.3, -0.25) is 9.69 Å². The first-order chi connectivity index (χ1) is 13.6. The van der Waals surface area contributed by atoms with Gasteiger partial charge in [0.15, 0.2) is 11.5 Å². The number of carbonyl (C=O) groups excluding carboxylic acids is 2. The molecule has 0 atom stereocenters. The van der Waals surface area contributed by atoms with E-state index in [1.165, 1.54) is 4.90 Å². The third-order valence-electron chi connectivity index (χ3n) is 4.56. The van der Waals surface area contributed by atoms with Crippen LogP contribution in [0.25, 0.3) is 0 Å². The Bertz CT molecular complexity index is 900. The number of nitrogens with one attached hydrogen (secondary N) is 1. The fourth-order valence-corrected chi connectivity index (χ4v) is 3.44. The van der Waals surface area contributed by atoms with Crippen LogP contribution in [0.15, 0.2) is 36.4 Å². The van der Waals surface area contributed by atoms with E-state index in [9.17, 15) is 9.59 Å². The zero-order chi connectivity index (χ0) is 19.5. The lowest BCUT2D eigenvalue weighted by atomic mass is 10.1. The Balaban J connectivity index is 1.33. The number of fused-ring (bicyclic) bond motifs is 1. The van der Waals surface area contributed by atoms with Gasteiger partial charge in [0.1, 0.15) is 19.8 Å². The maximum Gasteiger partial charge on any atom is 0.414 e. The van der Waals surface area contributed by atoms with Crippen molar-refractivity contribution >= 4 is 29.3 Å². The van der Waals surface area contributed by atoms with E-state index in [1.54, 1.807) is 24.3 Å². The summed E-state index contributed by atoms with van der Waals surface area (Å²) in [7, 11) is 0. The van der Waals surface area contributed by atoms with Crippen LogP contribution in [0.5, 0.6) is 11.5 Å². The Kier molecular flexibility index (Phi) is 5.25. The van der Waals surface area contributed by atoms with Crippen molar-refractivity contribution in [2.45, 2.75) is 6.42 Å². The molecule has 2 heterocycles. The van der Waals surface area contributed by atoms with Crippen molar-refractivity contribution in [2.75, 3.05) is 37.8 Å². The zero-order valence-electron chi connectivity index (χ0n) is 15.1. The smallest absolute Gasteiger partial charge is 0.414 e. The van der Waals surface area contributed by atoms with Gasteiger partial charge in [0.05, 0.1) is 11.6 Å². The van der Waals surface area contributed by atoms with Gasteiger partial charge < -0.3 is 19.5 Å². The van der Waals surface area contributed by atoms with Crippen LogP contribution < -0.4 is 19.7 Å². The molecule has 8 heteroatoms. The van der Waals surface area contributed by atoms with Crippen molar-refractivity contribution in [2.24, 2.45) is 0 Å². The summed E-state index contributed by atoms with van der Waals surface area (Å²) in [6, 6.07) is 10.6. The number of benzene rings is 2. The predicted octanol–water partition coefficient (Wildman–Crippen LogP) is 3.04. The minimum Gasteiger partial charge on any atom is -0.486 e. The molecule has 28 heavy (non-hydrogen) atoms. The molecule has 4 rings (SSSR count). The van der Waals surface area contributed by atoms with Crippen molar-refractivity contribution in [1.82, 2.24) is 5.32 Å². The Morgan fingerprint density at radius 3 is 2.61 bits per heavy atom. The van der Waals surface area contributed by atoms with Crippen LogP contribution in [0.1, 0.15) is 15.9 Å². The lowest BCUT2D eigenvalue weighted by molar-refractivity contribution is 0.0954. The SMILES string of the molecule is O=C(NCCc1cc(Cl)c2c(c1)OCCO2)c1ccc(N2CCOC2=O)cc1. The fraction of sp³-hybridized carbons (Fsp3) is 0.300. The molecule has 0 bridgehead atoms. The maximum atomic E-state index is 12.3. The molecule has 2 aliphatic rings. The summed E-state index contributed by atoms with van der Waals surface area (Å²) < 4.78 is 16.0. The quantitative estimate of drug-likeness (QED) is 0.831. The number of amides is 2. The summed E-state index contributed by atoms with van der Waals surface area (Å²) in [5.74, 6) is 1.03. The zero-order valence-corrected chi connectivity index (χ0v) is 15.8. The number of carbonyl (C=O) groups is 2. The first-order valence-electron chi connectivity index (χ1n) is 9.02. The van der Waals surface area contributed by atoms with E-state index in [2.05, 4.69) is 5.32 Å². The monoisotopic (exact) mass is 402 g/mol. The van der Waals surface area contributed by atoms with Gasteiger partial charge in [-0.25, -0.2) is 4.79 Å². The predicted molar refractivity (Wildman–Crippen MR) is 104 cm³/mol. The third-order valence-corrected chi connectivity index (χ3v) is 4.84. The topological polar surface area (TPSA) is 77.1 Å². The van der Waals surface area contributed by atoms with Gasteiger partial charge in [-0.05, 0) is 48.4 Å². The van der Waals surface area contributed by atoms with Crippen LogP contribution in [-0.4, -0.2) is 44.9 Å². The summed E-state index contributed by atoms with van der Waals surface area (Å²) in [5.41, 5.74) is 2.19. The van der Waals surface area contributed by atoms with Crippen molar-refractivity contribution in [1.29, 1.82) is 0 Å². The van der Waals surface area contributed by atoms with E-state index < -0.39 is 0 Å². The molecule has 1 N–H and O–H groups in total. The Hall–Kier alpha value is -2.93. The van der Waals surface area contributed by atoms with Gasteiger partial charge in [0, 0.05) is 17.8 Å². The maximum absolute atomic E-state index is 12.3. The van der Waals surface area contributed by atoms with E-state index in [0.717, 1.165) is 5.56 Å². The van der Waals surface area contributed by atoms with Crippen LogP contribution in [-0.2, 0) is 11.2 Å². The molecule has 0 spiro atoms. The summed E-state index contributed by atoms with van der Waals surface area (Å²) in [6.45, 7) is 2.33. The number of cyclic esters (lactones) is 1. The highest BCUT2D eigenvalue weighted by molar-refractivity contribution is 6.32. The molecule has 0 aromatic heterocycles. The van der Waals surface area contributed by atoms with E-state index in [0.29, 0.717) is 67.1 Å². The Labute approximate surface area is 167 Å². The van der Waals surface area contributed by atoms with Crippen molar-refractivity contribution in [3.8, 4) is 11.5 Å². The number of halogens is 1. The lowest BCUT2D eigenvalue weighted by Gasteiger charge is -2.20. The van der Waals surface area contributed by atoms with Gasteiger partial charge in [0.25, 0.3) is 5.91 Å². The first-order valence-corrected chi connectivity index (χ1v) is 9.40. The summed E-state index contributed by atoms with van der Waals surface area (Å²) >= 11 is 6.23. The van der Waals surface area contributed by atoms with Crippen LogP contribution in [0.2, 0.25) is 5.02 Å². The molecule has 0 radical (unpaired) electrons. The number of anilines is 1. The summed E-state index contributed by atoms with van der Waals surface area (Å²) in [4.78, 5) is 25.5. The highest BCUT2D eigenvalue weighted by Gasteiger charge is 2.23. The molecule has 0 saturated carbocycles. The third kappa shape index (κ3) is 3.84. The molecule has 146 valence electrons. The molecule has 2 aromatic carbocycles. The average Bonchev–Trinajstić information content (AvgIpc) is 3.14. The van der Waals surface area contributed by atoms with Gasteiger partial charge in [0.2, 0.25) is 0 Å². The second kappa shape index (κ2) is 7.98.